The van der Waals surface area contributed by atoms with Crippen molar-refractivity contribution in [1.82, 2.24) is 0 Å². The van der Waals surface area contributed by atoms with E-state index in [0.29, 0.717) is 6.10 Å². The van der Waals surface area contributed by atoms with Gasteiger partial charge in [-0.2, -0.15) is 0 Å². The van der Waals surface area contributed by atoms with E-state index in [9.17, 15) is 0 Å². The molecule has 1 atom stereocenters. The lowest BCUT2D eigenvalue weighted by molar-refractivity contribution is 0.261. The van der Waals surface area contributed by atoms with Gasteiger partial charge in [0.05, 0.1) is 5.60 Å². The van der Waals surface area contributed by atoms with Gasteiger partial charge >= 0.3 is 0 Å². The van der Waals surface area contributed by atoms with Crippen LogP contribution >= 0.6 is 0 Å². The number of rotatable bonds is 7. The van der Waals surface area contributed by atoms with Gasteiger partial charge in [-0.1, -0.05) is 45.6 Å². The van der Waals surface area contributed by atoms with Crippen molar-refractivity contribution < 1.29 is 4.74 Å². The van der Waals surface area contributed by atoms with Crippen molar-refractivity contribution in [2.24, 2.45) is 0 Å². The minimum atomic E-state index is 0.202. The van der Waals surface area contributed by atoms with E-state index in [1.165, 1.54) is 38.5 Å². The molecule has 0 N–H and O–H groups in total. The number of unbranched alkanes of at least 4 members (excludes halogenated alkanes) is 2. The Morgan fingerprint density at radius 2 is 1.77 bits per heavy atom. The Hall–Kier alpha value is -0.300. The van der Waals surface area contributed by atoms with Gasteiger partial charge in [0, 0.05) is 0 Å². The molecule has 1 unspecified atom stereocenters. The number of ether oxygens (including phenoxy) is 1. The van der Waals surface area contributed by atoms with E-state index < -0.39 is 0 Å². The van der Waals surface area contributed by atoms with Crippen LogP contribution in [0.3, 0.4) is 0 Å². The van der Waals surface area contributed by atoms with Gasteiger partial charge in [0.2, 0.25) is 0 Å². The first-order chi connectivity index (χ1) is 6.29. The highest BCUT2D eigenvalue weighted by molar-refractivity contribution is 5.10. The van der Waals surface area contributed by atoms with Crippen molar-refractivity contribution in [3.05, 3.63) is 12.7 Å². The minimum absolute atomic E-state index is 0.202. The topological polar surface area (TPSA) is 12.5 Å². The summed E-state index contributed by atoms with van der Waals surface area (Å²) in [5, 5.41) is 0. The predicted octanol–water partition coefficient (Wildman–Crippen LogP) is 3.69. The molecule has 1 aliphatic rings. The third-order valence-corrected chi connectivity index (χ3v) is 2.94. The van der Waals surface area contributed by atoms with Crippen LogP contribution in [0.25, 0.3) is 0 Å². The van der Waals surface area contributed by atoms with Crippen LogP contribution in [0, 0.1) is 0 Å². The molecule has 0 spiro atoms. The van der Waals surface area contributed by atoms with Crippen molar-refractivity contribution in [3.63, 3.8) is 0 Å². The van der Waals surface area contributed by atoms with E-state index in [2.05, 4.69) is 20.4 Å². The molecule has 0 radical (unpaired) electrons. The van der Waals surface area contributed by atoms with Crippen LogP contribution in [0.4, 0.5) is 0 Å². The van der Waals surface area contributed by atoms with Crippen LogP contribution in [-0.4, -0.2) is 11.7 Å². The molecule has 1 saturated heterocycles. The standard InChI is InChI=1S/C12H22O/c1-4-7-9-12(10-8-5-2)11(6-3)13-12/h6,11H,3-5,7-10H2,1-2H3. The predicted molar refractivity (Wildman–Crippen MR) is 56.9 cm³/mol. The SMILES string of the molecule is C=CC1OC1(CCCC)CCCC. The highest BCUT2D eigenvalue weighted by Crippen LogP contribution is 2.45. The Kier molecular flexibility index (Phi) is 3.98. The highest BCUT2D eigenvalue weighted by atomic mass is 16.6. The second-order valence-corrected chi connectivity index (χ2v) is 4.05. The van der Waals surface area contributed by atoms with E-state index in [-0.39, 0.29) is 5.60 Å². The molecule has 1 aliphatic heterocycles. The molecule has 1 heteroatoms. The molecule has 1 fully saturated rings. The number of hydrogen-bond donors (Lipinski definition) is 0. The number of hydrogen-bond acceptors (Lipinski definition) is 1. The summed E-state index contributed by atoms with van der Waals surface area (Å²) in [7, 11) is 0. The molecule has 0 aromatic carbocycles. The van der Waals surface area contributed by atoms with Crippen molar-refractivity contribution in [2.75, 3.05) is 0 Å². The lowest BCUT2D eigenvalue weighted by Crippen LogP contribution is -2.14. The molecule has 0 saturated carbocycles. The Morgan fingerprint density at radius 3 is 2.08 bits per heavy atom. The maximum atomic E-state index is 5.74. The monoisotopic (exact) mass is 182 g/mol. The molecule has 0 aliphatic carbocycles. The van der Waals surface area contributed by atoms with Crippen LogP contribution in [0.15, 0.2) is 12.7 Å². The quantitative estimate of drug-likeness (QED) is 0.432. The lowest BCUT2D eigenvalue weighted by Gasteiger charge is -2.10. The lowest BCUT2D eigenvalue weighted by atomic mass is 9.92. The van der Waals surface area contributed by atoms with E-state index in [1.54, 1.807) is 0 Å². The van der Waals surface area contributed by atoms with Gasteiger partial charge in [-0.25, -0.2) is 0 Å². The molecule has 1 heterocycles. The summed E-state index contributed by atoms with van der Waals surface area (Å²) in [5.41, 5.74) is 0.202. The van der Waals surface area contributed by atoms with Crippen molar-refractivity contribution in [1.29, 1.82) is 0 Å². The van der Waals surface area contributed by atoms with Crippen molar-refractivity contribution in [3.8, 4) is 0 Å². The van der Waals surface area contributed by atoms with E-state index in [4.69, 9.17) is 4.74 Å². The van der Waals surface area contributed by atoms with Crippen molar-refractivity contribution >= 4 is 0 Å². The third-order valence-electron chi connectivity index (χ3n) is 2.94. The summed E-state index contributed by atoms with van der Waals surface area (Å²) < 4.78 is 5.74. The minimum Gasteiger partial charge on any atom is -0.362 e. The smallest absolute Gasteiger partial charge is 0.105 e. The van der Waals surface area contributed by atoms with Gasteiger partial charge in [0.1, 0.15) is 6.10 Å². The summed E-state index contributed by atoms with van der Waals surface area (Å²) >= 11 is 0. The Morgan fingerprint density at radius 1 is 1.23 bits per heavy atom. The van der Waals surface area contributed by atoms with E-state index in [1.807, 2.05) is 6.08 Å². The summed E-state index contributed by atoms with van der Waals surface area (Å²) in [6.45, 7) is 8.28. The maximum absolute atomic E-state index is 5.74. The molecular weight excluding hydrogens is 160 g/mol. The fourth-order valence-electron chi connectivity index (χ4n) is 1.96. The Labute approximate surface area is 82.2 Å². The fourth-order valence-corrected chi connectivity index (χ4v) is 1.96. The zero-order valence-electron chi connectivity index (χ0n) is 9.01. The van der Waals surface area contributed by atoms with Crippen LogP contribution in [0.5, 0.6) is 0 Å². The van der Waals surface area contributed by atoms with Gasteiger partial charge in [0.25, 0.3) is 0 Å². The fraction of sp³-hybridized carbons (Fsp3) is 0.833. The second kappa shape index (κ2) is 4.80. The highest BCUT2D eigenvalue weighted by Gasteiger charge is 2.52. The average Bonchev–Trinajstić information content (AvgIpc) is 2.86. The first-order valence-corrected chi connectivity index (χ1v) is 5.59. The molecule has 13 heavy (non-hydrogen) atoms. The summed E-state index contributed by atoms with van der Waals surface area (Å²) in [6, 6.07) is 0. The summed E-state index contributed by atoms with van der Waals surface area (Å²) in [4.78, 5) is 0. The van der Waals surface area contributed by atoms with Crippen LogP contribution < -0.4 is 0 Å². The van der Waals surface area contributed by atoms with E-state index >= 15 is 0 Å². The zero-order valence-corrected chi connectivity index (χ0v) is 9.01. The van der Waals surface area contributed by atoms with Crippen LogP contribution in [0.2, 0.25) is 0 Å². The molecule has 76 valence electrons. The number of epoxide rings is 1. The molecule has 0 bridgehead atoms. The van der Waals surface area contributed by atoms with Gasteiger partial charge < -0.3 is 4.74 Å². The van der Waals surface area contributed by atoms with Gasteiger partial charge in [-0.15, -0.1) is 6.58 Å². The van der Waals surface area contributed by atoms with Gasteiger partial charge in [-0.05, 0) is 12.8 Å². The van der Waals surface area contributed by atoms with Gasteiger partial charge in [-0.3, -0.25) is 0 Å². The largest absolute Gasteiger partial charge is 0.362 e. The molecule has 1 rings (SSSR count). The normalized spacial score (nSPS) is 24.3. The maximum Gasteiger partial charge on any atom is 0.105 e. The molecule has 0 aromatic rings. The average molecular weight is 182 g/mol. The molecular formula is C12H22O. The molecule has 1 nitrogen and oxygen atoms in total. The second-order valence-electron chi connectivity index (χ2n) is 4.05. The van der Waals surface area contributed by atoms with E-state index in [0.717, 1.165) is 0 Å². The van der Waals surface area contributed by atoms with Gasteiger partial charge in [0.15, 0.2) is 0 Å². The first-order valence-electron chi connectivity index (χ1n) is 5.59. The van der Waals surface area contributed by atoms with Crippen molar-refractivity contribution in [2.45, 2.75) is 64.1 Å². The molecule has 0 amide bonds. The summed E-state index contributed by atoms with van der Waals surface area (Å²) in [6.07, 6.45) is 9.86. The van der Waals surface area contributed by atoms with Crippen LogP contribution in [0.1, 0.15) is 52.4 Å². The first kappa shape index (κ1) is 10.8. The van der Waals surface area contributed by atoms with Crippen LogP contribution in [-0.2, 0) is 4.74 Å². The Bertz CT molecular complexity index is 155. The zero-order chi connectivity index (χ0) is 9.73. The molecule has 0 aromatic heterocycles. The Balaban J connectivity index is 2.33. The third kappa shape index (κ3) is 2.57. The summed E-state index contributed by atoms with van der Waals surface area (Å²) in [5.74, 6) is 0.